The average Bonchev–Trinajstić information content (AvgIpc) is 2.96. The molecule has 0 radical (unpaired) electrons. The molecule has 0 atom stereocenters. The highest BCUT2D eigenvalue weighted by atomic mass is 32.1. The van der Waals surface area contributed by atoms with Crippen LogP contribution in [0.4, 0.5) is 0 Å². The molecule has 0 N–H and O–H groups in total. The van der Waals surface area contributed by atoms with E-state index >= 15 is 0 Å². The number of rotatable bonds is 1. The van der Waals surface area contributed by atoms with Gasteiger partial charge in [0, 0.05) is 24.4 Å². The van der Waals surface area contributed by atoms with Crippen LogP contribution in [-0.4, -0.2) is 4.98 Å². The van der Waals surface area contributed by atoms with E-state index in [1.807, 2.05) is 13.0 Å². The molecule has 3 nitrogen and oxygen atoms in total. The Morgan fingerprint density at radius 1 is 1.14 bits per heavy atom. The van der Waals surface area contributed by atoms with E-state index in [-0.39, 0.29) is 0 Å². The Morgan fingerprint density at radius 2 is 2.00 bits per heavy atom. The Kier molecular flexibility index (Phi) is 2.62. The molecule has 0 aliphatic rings. The van der Waals surface area contributed by atoms with E-state index in [0.717, 1.165) is 21.7 Å². The molecular weight excluding hydrogens is 280 g/mol. The summed E-state index contributed by atoms with van der Waals surface area (Å²) in [6.45, 7) is 4.05. The van der Waals surface area contributed by atoms with Crippen LogP contribution < -0.4 is 4.57 Å². The number of aromatic nitrogens is 2. The van der Waals surface area contributed by atoms with Gasteiger partial charge in [0.25, 0.3) is 0 Å². The van der Waals surface area contributed by atoms with Crippen LogP contribution in [0.15, 0.2) is 40.9 Å². The molecule has 3 heterocycles. The number of benzene rings is 1. The first-order chi connectivity index (χ1) is 10.1. The number of hydrogen-bond acceptors (Lipinski definition) is 3. The van der Waals surface area contributed by atoms with Gasteiger partial charge in [0.05, 0.1) is 10.3 Å². The summed E-state index contributed by atoms with van der Waals surface area (Å²) in [5, 5.41) is 1.15. The van der Waals surface area contributed by atoms with Crippen LogP contribution in [0.3, 0.4) is 0 Å². The SMILES string of the molecule is Cc1nc2sc3c(-c4cccc[n+]4C)c(C)ccc3c2o1. The molecule has 1 aromatic carbocycles. The zero-order valence-corrected chi connectivity index (χ0v) is 13.0. The topological polar surface area (TPSA) is 29.9 Å². The number of nitrogens with zero attached hydrogens (tertiary/aromatic N) is 2. The van der Waals surface area contributed by atoms with Crippen LogP contribution in [0.1, 0.15) is 11.5 Å². The highest BCUT2D eigenvalue weighted by Crippen LogP contribution is 2.40. The molecule has 4 heteroatoms. The lowest BCUT2D eigenvalue weighted by atomic mass is 10.0. The van der Waals surface area contributed by atoms with Crippen molar-refractivity contribution in [3.05, 3.63) is 48.0 Å². The predicted molar refractivity (Wildman–Crippen MR) is 85.5 cm³/mol. The quantitative estimate of drug-likeness (QED) is 0.494. The maximum atomic E-state index is 5.77. The average molecular weight is 295 g/mol. The first-order valence-corrected chi connectivity index (χ1v) is 7.71. The van der Waals surface area contributed by atoms with Crippen molar-refractivity contribution in [1.29, 1.82) is 0 Å². The van der Waals surface area contributed by atoms with Gasteiger partial charge in [0.15, 0.2) is 22.5 Å². The molecule has 0 aliphatic carbocycles. The molecule has 0 aliphatic heterocycles. The minimum Gasteiger partial charge on any atom is -0.439 e. The van der Waals surface area contributed by atoms with Gasteiger partial charge in [-0.3, -0.25) is 0 Å². The van der Waals surface area contributed by atoms with E-state index in [2.05, 4.69) is 54.0 Å². The lowest BCUT2D eigenvalue weighted by Crippen LogP contribution is -2.30. The fourth-order valence-corrected chi connectivity index (χ4v) is 4.06. The highest BCUT2D eigenvalue weighted by molar-refractivity contribution is 7.25. The van der Waals surface area contributed by atoms with Crippen molar-refractivity contribution < 1.29 is 8.98 Å². The zero-order chi connectivity index (χ0) is 14.6. The number of hydrogen-bond donors (Lipinski definition) is 0. The first-order valence-electron chi connectivity index (χ1n) is 6.89. The van der Waals surface area contributed by atoms with Crippen LogP contribution in [0, 0.1) is 13.8 Å². The van der Waals surface area contributed by atoms with Gasteiger partial charge in [0.2, 0.25) is 5.69 Å². The summed E-state index contributed by atoms with van der Waals surface area (Å²) >= 11 is 1.71. The third kappa shape index (κ3) is 1.79. The number of oxazole rings is 1. The number of thiophene rings is 1. The van der Waals surface area contributed by atoms with Gasteiger partial charge in [-0.05, 0) is 24.6 Å². The lowest BCUT2D eigenvalue weighted by Gasteiger charge is -2.05. The van der Waals surface area contributed by atoms with Gasteiger partial charge >= 0.3 is 0 Å². The van der Waals surface area contributed by atoms with E-state index in [9.17, 15) is 0 Å². The second-order valence-corrected chi connectivity index (χ2v) is 6.30. The lowest BCUT2D eigenvalue weighted by molar-refractivity contribution is -0.660. The Morgan fingerprint density at radius 3 is 2.81 bits per heavy atom. The van der Waals surface area contributed by atoms with Crippen LogP contribution >= 0.6 is 11.3 Å². The van der Waals surface area contributed by atoms with Crippen molar-refractivity contribution in [3.8, 4) is 11.3 Å². The molecule has 4 rings (SSSR count). The largest absolute Gasteiger partial charge is 0.439 e. The van der Waals surface area contributed by atoms with Crippen molar-refractivity contribution in [2.75, 3.05) is 0 Å². The summed E-state index contributed by atoms with van der Waals surface area (Å²) in [7, 11) is 2.08. The van der Waals surface area contributed by atoms with E-state index in [0.29, 0.717) is 0 Å². The van der Waals surface area contributed by atoms with Crippen molar-refractivity contribution in [2.24, 2.45) is 7.05 Å². The third-order valence-electron chi connectivity index (χ3n) is 3.82. The normalized spacial score (nSPS) is 11.6. The van der Waals surface area contributed by atoms with Gasteiger partial charge in [0.1, 0.15) is 7.05 Å². The molecule has 3 aromatic heterocycles. The smallest absolute Gasteiger partial charge is 0.213 e. The standard InChI is InChI=1S/C17H15N2OS/c1-10-7-8-12-15-17(18-11(2)20-15)21-16(12)14(10)13-6-4-5-9-19(13)3/h4-9H,1-3H3/q+1. The molecular formula is C17H15N2OS+. The van der Waals surface area contributed by atoms with Gasteiger partial charge in [-0.2, -0.15) is 0 Å². The van der Waals surface area contributed by atoms with Crippen molar-refractivity contribution >= 4 is 31.8 Å². The maximum Gasteiger partial charge on any atom is 0.213 e. The molecule has 0 bridgehead atoms. The minimum atomic E-state index is 0.727. The third-order valence-corrected chi connectivity index (χ3v) is 4.92. The summed E-state index contributed by atoms with van der Waals surface area (Å²) in [4.78, 5) is 5.46. The van der Waals surface area contributed by atoms with E-state index < -0.39 is 0 Å². The van der Waals surface area contributed by atoms with Gasteiger partial charge in [-0.1, -0.05) is 6.07 Å². The van der Waals surface area contributed by atoms with Crippen molar-refractivity contribution in [3.63, 3.8) is 0 Å². The van der Waals surface area contributed by atoms with Crippen molar-refractivity contribution in [2.45, 2.75) is 13.8 Å². The first kappa shape index (κ1) is 12.5. The van der Waals surface area contributed by atoms with E-state index in [1.165, 1.54) is 21.5 Å². The van der Waals surface area contributed by atoms with Crippen LogP contribution in [0.2, 0.25) is 0 Å². The highest BCUT2D eigenvalue weighted by Gasteiger charge is 2.20. The Balaban J connectivity index is 2.15. The van der Waals surface area contributed by atoms with Gasteiger partial charge in [-0.25, -0.2) is 9.55 Å². The summed E-state index contributed by atoms with van der Waals surface area (Å²) in [6, 6.07) is 10.6. The summed E-state index contributed by atoms with van der Waals surface area (Å²) in [5.74, 6) is 0.727. The Labute approximate surface area is 126 Å². The van der Waals surface area contributed by atoms with Crippen LogP contribution in [0.5, 0.6) is 0 Å². The number of pyridine rings is 1. The van der Waals surface area contributed by atoms with Gasteiger partial charge in [-0.15, -0.1) is 11.3 Å². The maximum absolute atomic E-state index is 5.77. The summed E-state index contributed by atoms with van der Waals surface area (Å²) < 4.78 is 9.18. The molecule has 0 saturated carbocycles. The Hall–Kier alpha value is -2.20. The van der Waals surface area contributed by atoms with Gasteiger partial charge < -0.3 is 4.42 Å². The monoisotopic (exact) mass is 295 g/mol. The molecule has 0 spiro atoms. The zero-order valence-electron chi connectivity index (χ0n) is 12.2. The molecule has 0 unspecified atom stereocenters. The molecule has 0 fully saturated rings. The fourth-order valence-electron chi connectivity index (χ4n) is 2.81. The molecule has 0 saturated heterocycles. The van der Waals surface area contributed by atoms with Crippen molar-refractivity contribution in [1.82, 2.24) is 4.98 Å². The Bertz CT molecular complexity index is 981. The minimum absolute atomic E-state index is 0.727. The second kappa shape index (κ2) is 4.40. The summed E-state index contributed by atoms with van der Waals surface area (Å²) in [6.07, 6.45) is 2.08. The van der Waals surface area contributed by atoms with E-state index in [1.54, 1.807) is 11.3 Å². The molecule has 21 heavy (non-hydrogen) atoms. The molecule has 0 amide bonds. The van der Waals surface area contributed by atoms with E-state index in [4.69, 9.17) is 4.42 Å². The van der Waals surface area contributed by atoms with Crippen LogP contribution in [-0.2, 0) is 7.05 Å². The predicted octanol–water partition coefficient (Wildman–Crippen LogP) is 4.15. The second-order valence-electron chi connectivity index (χ2n) is 5.30. The number of fused-ring (bicyclic) bond motifs is 3. The molecule has 104 valence electrons. The van der Waals surface area contributed by atoms with Crippen LogP contribution in [0.25, 0.3) is 31.8 Å². The fraction of sp³-hybridized carbons (Fsp3) is 0.176. The summed E-state index contributed by atoms with van der Waals surface area (Å²) in [5.41, 5.74) is 4.66. The molecule has 4 aromatic rings. The number of aryl methyl sites for hydroxylation is 3.